The normalized spacial score (nSPS) is 8.43. The second kappa shape index (κ2) is 8.10. The number of carboxylic acid groups (broad SMARTS) is 1. The summed E-state index contributed by atoms with van der Waals surface area (Å²) < 4.78 is 1.35. The van der Waals surface area contributed by atoms with Gasteiger partial charge in [0, 0.05) is 3.57 Å². The molecule has 14 heavy (non-hydrogen) atoms. The maximum atomic E-state index is 10.6. The number of halogens is 2. The molecule has 0 unspecified atom stereocenters. The van der Waals surface area contributed by atoms with Crippen LogP contribution in [0, 0.1) is 7.14 Å². The van der Waals surface area contributed by atoms with E-state index in [-0.39, 0.29) is 70.4 Å². The zero-order chi connectivity index (χ0) is 9.30. The second-order valence-electron chi connectivity index (χ2n) is 2.09. The first-order chi connectivity index (χ1) is 5.52. The van der Waals surface area contributed by atoms with Gasteiger partial charge in [-0.05, 0) is 57.3 Å². The number of benzene rings is 1. The van der Waals surface area contributed by atoms with Gasteiger partial charge in [-0.25, -0.2) is 4.79 Å². The Morgan fingerprint density at radius 3 is 2.14 bits per heavy atom. The number of aromatic carboxylic acids is 1. The summed E-state index contributed by atoms with van der Waals surface area (Å²) in [7, 11) is 0. The summed E-state index contributed by atoms with van der Waals surface area (Å²) in [5.74, 6) is -1.27. The summed E-state index contributed by atoms with van der Waals surface area (Å²) in [6.45, 7) is 0. The Hall–Kier alpha value is 1.95. The zero-order valence-electron chi connectivity index (χ0n) is 5.71. The van der Waals surface area contributed by atoms with Crippen molar-refractivity contribution in [2.24, 2.45) is 0 Å². The monoisotopic (exact) mass is 438 g/mol. The van der Waals surface area contributed by atoms with E-state index in [9.17, 15) is 9.90 Å². The molecule has 0 amide bonds. The molecule has 0 bridgehead atoms. The van der Waals surface area contributed by atoms with Crippen LogP contribution in [0.15, 0.2) is 12.1 Å². The number of aromatic hydroxyl groups is 1. The van der Waals surface area contributed by atoms with E-state index in [1.54, 1.807) is 6.07 Å². The first-order valence-corrected chi connectivity index (χ1v) is 5.09. The van der Waals surface area contributed by atoms with E-state index in [1.807, 2.05) is 45.2 Å². The predicted octanol–water partition coefficient (Wildman–Crippen LogP) is 1.00. The predicted molar refractivity (Wildman–Crippen MR) is 74.8 cm³/mol. The molecule has 0 radical (unpaired) electrons. The van der Waals surface area contributed by atoms with Crippen molar-refractivity contribution < 1.29 is 15.0 Å². The Kier molecular flexibility index (Phi) is 10.6. The van der Waals surface area contributed by atoms with Gasteiger partial charge in [-0.1, -0.05) is 0 Å². The quantitative estimate of drug-likeness (QED) is 0.509. The van der Waals surface area contributed by atoms with E-state index >= 15 is 0 Å². The fourth-order valence-electron chi connectivity index (χ4n) is 0.729. The van der Waals surface area contributed by atoms with Crippen molar-refractivity contribution in [1.82, 2.24) is 0 Å². The van der Waals surface area contributed by atoms with Crippen molar-refractivity contribution in [1.29, 1.82) is 0 Å². The Balaban J connectivity index is 0. The van der Waals surface area contributed by atoms with Gasteiger partial charge in [0.1, 0.15) is 11.3 Å². The van der Waals surface area contributed by atoms with E-state index in [4.69, 9.17) is 5.11 Å². The van der Waals surface area contributed by atoms with Crippen LogP contribution in [-0.2, 0) is 0 Å². The summed E-state index contributed by atoms with van der Waals surface area (Å²) in [6, 6.07) is 3.14. The number of phenols is 1. The van der Waals surface area contributed by atoms with Crippen molar-refractivity contribution >= 4 is 110 Å². The van der Waals surface area contributed by atoms with E-state index in [0.717, 1.165) is 3.57 Å². The third-order valence-electron chi connectivity index (χ3n) is 1.26. The molecule has 7 heteroatoms. The van der Waals surface area contributed by atoms with Crippen LogP contribution in [0.1, 0.15) is 10.4 Å². The van der Waals surface area contributed by atoms with Crippen LogP contribution in [0.2, 0.25) is 0 Å². The van der Waals surface area contributed by atoms with Crippen LogP contribution in [0.3, 0.4) is 0 Å². The number of hydrogen-bond acceptors (Lipinski definition) is 2. The van der Waals surface area contributed by atoms with Gasteiger partial charge in [0.05, 0.1) is 3.57 Å². The molecule has 0 saturated heterocycles. The standard InChI is InChI=1S/C7H4I2O3.2Na.2H/c8-3-1-4(7(11)12)6(10)5(9)2-3;;;;/h1-2,10H,(H,11,12);;;;. The molecular formula is C7H6I2Na2O3. The van der Waals surface area contributed by atoms with E-state index in [2.05, 4.69) is 0 Å². The molecule has 1 aromatic rings. The minimum atomic E-state index is -1.11. The van der Waals surface area contributed by atoms with Gasteiger partial charge in [0.2, 0.25) is 0 Å². The second-order valence-corrected chi connectivity index (χ2v) is 4.50. The van der Waals surface area contributed by atoms with Crippen LogP contribution in [-0.4, -0.2) is 75.3 Å². The molecule has 0 aliphatic carbocycles. The SMILES string of the molecule is O=C(O)c1cc(I)cc(I)c1O.[NaH].[NaH]. The van der Waals surface area contributed by atoms with Crippen molar-refractivity contribution in [3.63, 3.8) is 0 Å². The Morgan fingerprint density at radius 1 is 1.21 bits per heavy atom. The van der Waals surface area contributed by atoms with Crippen LogP contribution in [0.5, 0.6) is 5.75 Å². The fraction of sp³-hybridized carbons (Fsp3) is 0. The molecule has 1 aromatic carbocycles. The third kappa shape index (κ3) is 4.86. The van der Waals surface area contributed by atoms with Gasteiger partial charge in [-0.3, -0.25) is 0 Å². The third-order valence-corrected chi connectivity index (χ3v) is 2.70. The number of hydrogen-bond donors (Lipinski definition) is 2. The van der Waals surface area contributed by atoms with E-state index in [0.29, 0.717) is 3.57 Å². The van der Waals surface area contributed by atoms with Crippen molar-refractivity contribution in [3.05, 3.63) is 24.8 Å². The topological polar surface area (TPSA) is 57.5 Å². The maximum absolute atomic E-state index is 10.6. The van der Waals surface area contributed by atoms with Gasteiger partial charge in [0.15, 0.2) is 0 Å². The van der Waals surface area contributed by atoms with Gasteiger partial charge < -0.3 is 10.2 Å². The first kappa shape index (κ1) is 18.3. The molecule has 0 fully saturated rings. The average Bonchev–Trinajstić information content (AvgIpc) is 1.96. The first-order valence-electron chi connectivity index (χ1n) is 2.93. The molecule has 0 atom stereocenters. The van der Waals surface area contributed by atoms with Gasteiger partial charge in [-0.2, -0.15) is 0 Å². The van der Waals surface area contributed by atoms with Crippen molar-refractivity contribution in [2.75, 3.05) is 0 Å². The van der Waals surface area contributed by atoms with Crippen LogP contribution in [0.25, 0.3) is 0 Å². The fourth-order valence-corrected chi connectivity index (χ4v) is 2.57. The molecule has 1 rings (SSSR count). The molecule has 0 saturated carbocycles. The summed E-state index contributed by atoms with van der Waals surface area (Å²) in [4.78, 5) is 10.6. The summed E-state index contributed by atoms with van der Waals surface area (Å²) >= 11 is 3.89. The Bertz CT molecular complexity index is 344. The molecule has 0 spiro atoms. The number of carboxylic acids is 1. The summed E-state index contributed by atoms with van der Waals surface area (Å²) in [5, 5.41) is 17.9. The molecule has 0 aliphatic heterocycles. The molecular weight excluding hydrogens is 432 g/mol. The minimum absolute atomic E-state index is 0. The molecule has 0 aromatic heterocycles. The summed E-state index contributed by atoms with van der Waals surface area (Å²) in [5.41, 5.74) is -0.0497. The number of rotatable bonds is 1. The Labute approximate surface area is 153 Å². The number of carbonyl (C=O) groups is 1. The van der Waals surface area contributed by atoms with Crippen molar-refractivity contribution in [3.8, 4) is 5.75 Å². The van der Waals surface area contributed by atoms with Crippen LogP contribution in [0.4, 0.5) is 0 Å². The van der Waals surface area contributed by atoms with Gasteiger partial charge >= 0.3 is 65.1 Å². The zero-order valence-corrected chi connectivity index (χ0v) is 10.0. The van der Waals surface area contributed by atoms with Crippen molar-refractivity contribution in [2.45, 2.75) is 0 Å². The molecule has 2 N–H and O–H groups in total. The molecule has 0 heterocycles. The van der Waals surface area contributed by atoms with Gasteiger partial charge in [0.25, 0.3) is 0 Å². The Morgan fingerprint density at radius 2 is 1.71 bits per heavy atom. The molecule has 68 valence electrons. The van der Waals surface area contributed by atoms with Gasteiger partial charge in [-0.15, -0.1) is 0 Å². The van der Waals surface area contributed by atoms with Crippen LogP contribution >= 0.6 is 45.2 Å². The summed E-state index contributed by atoms with van der Waals surface area (Å²) in [6.07, 6.45) is 0. The average molecular weight is 438 g/mol. The van der Waals surface area contributed by atoms with Crippen LogP contribution < -0.4 is 0 Å². The van der Waals surface area contributed by atoms with E-state index in [1.165, 1.54) is 6.07 Å². The molecule has 0 aliphatic rings. The van der Waals surface area contributed by atoms with E-state index < -0.39 is 5.97 Å². The molecule has 3 nitrogen and oxygen atoms in total.